The predicted octanol–water partition coefficient (Wildman–Crippen LogP) is 4.24. The molecule has 0 amide bonds. The zero-order chi connectivity index (χ0) is 23.4. The molecule has 0 spiro atoms. The molecule has 11 heteroatoms. The molecule has 1 saturated carbocycles. The highest BCUT2D eigenvalue weighted by Crippen LogP contribution is 2.40. The number of alkyl halides is 3. The van der Waals surface area contributed by atoms with E-state index in [-0.39, 0.29) is 12.0 Å². The zero-order valence-electron chi connectivity index (χ0n) is 18.8. The lowest BCUT2D eigenvalue weighted by Crippen LogP contribution is -2.48. The Morgan fingerprint density at radius 1 is 1.03 bits per heavy atom. The molecule has 3 aliphatic rings. The number of aryl methyl sites for hydroxylation is 2. The minimum absolute atomic E-state index is 0.0570. The van der Waals surface area contributed by atoms with Crippen molar-refractivity contribution in [2.45, 2.75) is 57.3 Å². The van der Waals surface area contributed by atoms with Crippen LogP contribution in [-0.4, -0.2) is 44.0 Å². The topological polar surface area (TPSA) is 84.9 Å². The maximum absolute atomic E-state index is 13.0. The van der Waals surface area contributed by atoms with Crippen molar-refractivity contribution in [3.05, 3.63) is 47.0 Å². The summed E-state index contributed by atoms with van der Waals surface area (Å²) in [4.78, 5) is 11.4. The Morgan fingerprint density at radius 2 is 1.76 bits per heavy atom. The van der Waals surface area contributed by atoms with Crippen LogP contribution in [0.3, 0.4) is 0 Å². The van der Waals surface area contributed by atoms with Gasteiger partial charge in [-0.2, -0.15) is 23.1 Å². The number of anilines is 2. The first-order valence-electron chi connectivity index (χ1n) is 11.8. The molecule has 2 fully saturated rings. The van der Waals surface area contributed by atoms with E-state index < -0.39 is 11.7 Å². The lowest BCUT2D eigenvalue weighted by Gasteiger charge is -2.37. The molecular formula is C23H26F3N7O. The Labute approximate surface area is 194 Å². The van der Waals surface area contributed by atoms with Gasteiger partial charge in [0, 0.05) is 31.6 Å². The Kier molecular flexibility index (Phi) is 5.03. The third-order valence-electron chi connectivity index (χ3n) is 7.43. The molecule has 0 radical (unpaired) electrons. The second-order valence-corrected chi connectivity index (χ2v) is 9.63. The smallest absolute Gasteiger partial charge is 0.350 e. The molecule has 180 valence electrons. The van der Waals surface area contributed by atoms with Gasteiger partial charge < -0.3 is 14.7 Å². The number of nitrogens with one attached hydrogen (secondary N) is 1. The van der Waals surface area contributed by atoms with E-state index in [2.05, 4.69) is 20.4 Å². The molecule has 1 N–H and O–H groups in total. The van der Waals surface area contributed by atoms with Gasteiger partial charge in [0.15, 0.2) is 5.82 Å². The third-order valence-corrected chi connectivity index (χ3v) is 7.43. The predicted molar refractivity (Wildman–Crippen MR) is 117 cm³/mol. The summed E-state index contributed by atoms with van der Waals surface area (Å²) in [7, 11) is 0. The summed E-state index contributed by atoms with van der Waals surface area (Å²) in [6.07, 6.45) is -0.341. The maximum atomic E-state index is 13.0. The molecule has 2 aromatic heterocycles. The molecule has 6 rings (SSSR count). The van der Waals surface area contributed by atoms with Crippen LogP contribution in [0, 0.1) is 18.8 Å². The van der Waals surface area contributed by atoms with Crippen LogP contribution >= 0.6 is 0 Å². The second kappa shape index (κ2) is 7.99. The quantitative estimate of drug-likeness (QED) is 0.607. The van der Waals surface area contributed by atoms with Crippen molar-refractivity contribution >= 4 is 12.0 Å². The number of piperidine rings is 1. The molecule has 1 aromatic carbocycles. The first-order valence-corrected chi connectivity index (χ1v) is 11.8. The van der Waals surface area contributed by atoms with Crippen LogP contribution in [0.4, 0.5) is 25.1 Å². The molecule has 1 saturated heterocycles. The van der Waals surface area contributed by atoms with E-state index in [9.17, 15) is 13.2 Å². The van der Waals surface area contributed by atoms with E-state index in [1.54, 1.807) is 12.1 Å². The van der Waals surface area contributed by atoms with Crippen LogP contribution in [0.5, 0.6) is 0 Å². The average Bonchev–Trinajstić information content (AvgIpc) is 3.48. The normalized spacial score (nSPS) is 26.5. The Morgan fingerprint density at radius 3 is 2.41 bits per heavy atom. The van der Waals surface area contributed by atoms with E-state index in [1.165, 1.54) is 0 Å². The SMILES string of the molecule is Cc1noc(N2CC3CCC(C2)C3Nc2nc3n(n2)CCCC3c2ccc(C(F)(F)F)cc2)n1. The fourth-order valence-electron chi connectivity index (χ4n) is 5.81. The Bertz CT molecular complexity index is 1160. The van der Waals surface area contributed by atoms with Gasteiger partial charge in [0.2, 0.25) is 5.95 Å². The number of rotatable bonds is 4. The fourth-order valence-corrected chi connectivity index (χ4v) is 5.81. The van der Waals surface area contributed by atoms with Crippen LogP contribution in [0.2, 0.25) is 0 Å². The molecule has 2 aliphatic heterocycles. The van der Waals surface area contributed by atoms with E-state index in [0.717, 1.165) is 68.8 Å². The van der Waals surface area contributed by atoms with Gasteiger partial charge in [-0.25, -0.2) is 4.68 Å². The largest absolute Gasteiger partial charge is 0.416 e. The number of hydrogen-bond donors (Lipinski definition) is 1. The van der Waals surface area contributed by atoms with Crippen molar-refractivity contribution in [1.29, 1.82) is 0 Å². The number of aromatic nitrogens is 5. The van der Waals surface area contributed by atoms with Crippen LogP contribution in [0.15, 0.2) is 28.8 Å². The molecule has 8 nitrogen and oxygen atoms in total. The van der Waals surface area contributed by atoms with Crippen LogP contribution in [0.1, 0.15) is 54.4 Å². The highest BCUT2D eigenvalue weighted by atomic mass is 19.4. The lowest BCUT2D eigenvalue weighted by molar-refractivity contribution is -0.137. The van der Waals surface area contributed by atoms with Crippen LogP contribution in [-0.2, 0) is 12.7 Å². The van der Waals surface area contributed by atoms with Crippen molar-refractivity contribution in [2.75, 3.05) is 23.3 Å². The van der Waals surface area contributed by atoms with Crippen molar-refractivity contribution < 1.29 is 17.7 Å². The Hall–Kier alpha value is -3.11. The first-order chi connectivity index (χ1) is 16.3. The third kappa shape index (κ3) is 3.80. The number of fused-ring (bicyclic) bond motifs is 3. The van der Waals surface area contributed by atoms with Gasteiger partial charge in [-0.15, -0.1) is 5.10 Å². The van der Waals surface area contributed by atoms with Gasteiger partial charge >= 0.3 is 12.2 Å². The van der Waals surface area contributed by atoms with E-state index in [4.69, 9.17) is 14.6 Å². The molecule has 3 aromatic rings. The minimum atomic E-state index is -4.33. The van der Waals surface area contributed by atoms with Gasteiger partial charge in [-0.05, 0) is 62.1 Å². The average molecular weight is 474 g/mol. The maximum Gasteiger partial charge on any atom is 0.416 e. The monoisotopic (exact) mass is 473 g/mol. The van der Waals surface area contributed by atoms with E-state index >= 15 is 0 Å². The molecule has 4 heterocycles. The number of benzene rings is 1. The fraction of sp³-hybridized carbons (Fsp3) is 0.565. The lowest BCUT2D eigenvalue weighted by atomic mass is 9.90. The van der Waals surface area contributed by atoms with Crippen molar-refractivity contribution in [3.8, 4) is 0 Å². The van der Waals surface area contributed by atoms with Gasteiger partial charge in [-0.3, -0.25) is 0 Å². The molecule has 3 unspecified atom stereocenters. The first kappa shape index (κ1) is 21.4. The number of hydrogen-bond acceptors (Lipinski definition) is 7. The second-order valence-electron chi connectivity index (χ2n) is 9.63. The Balaban J connectivity index is 1.19. The minimum Gasteiger partial charge on any atom is -0.350 e. The number of nitrogens with zero attached hydrogens (tertiary/aromatic N) is 6. The molecule has 1 aliphatic carbocycles. The van der Waals surface area contributed by atoms with Crippen LogP contribution < -0.4 is 10.2 Å². The summed E-state index contributed by atoms with van der Waals surface area (Å²) >= 11 is 0. The summed E-state index contributed by atoms with van der Waals surface area (Å²) in [6, 6.07) is 6.30. The van der Waals surface area contributed by atoms with Crippen molar-refractivity contribution in [3.63, 3.8) is 0 Å². The van der Waals surface area contributed by atoms with E-state index in [1.807, 2.05) is 11.6 Å². The van der Waals surface area contributed by atoms with Crippen molar-refractivity contribution in [1.82, 2.24) is 24.9 Å². The molecule has 2 bridgehead atoms. The van der Waals surface area contributed by atoms with Gasteiger partial charge in [-0.1, -0.05) is 17.3 Å². The van der Waals surface area contributed by atoms with Crippen molar-refractivity contribution in [2.24, 2.45) is 11.8 Å². The molecular weight excluding hydrogens is 447 g/mol. The summed E-state index contributed by atoms with van der Waals surface area (Å²) < 4.78 is 46.2. The standard InChI is InChI=1S/C23H26F3N7O/c1-13-27-22(34-31-13)32-11-15-4-5-16(12-32)19(15)28-21-29-20-18(3-2-10-33(20)30-21)14-6-8-17(9-7-14)23(24,25)26/h6-9,15-16,18-19H,2-5,10-12H2,1H3,(H,28,30). The zero-order valence-corrected chi connectivity index (χ0v) is 18.8. The molecule has 34 heavy (non-hydrogen) atoms. The van der Waals surface area contributed by atoms with E-state index in [0.29, 0.717) is 29.6 Å². The highest BCUT2D eigenvalue weighted by molar-refractivity contribution is 5.36. The highest BCUT2D eigenvalue weighted by Gasteiger charge is 2.44. The summed E-state index contributed by atoms with van der Waals surface area (Å²) in [6.45, 7) is 4.28. The van der Waals surface area contributed by atoms with Gasteiger partial charge in [0.1, 0.15) is 5.82 Å². The van der Waals surface area contributed by atoms with Gasteiger partial charge in [0.25, 0.3) is 0 Å². The summed E-state index contributed by atoms with van der Waals surface area (Å²) in [5.41, 5.74) is 0.213. The summed E-state index contributed by atoms with van der Waals surface area (Å²) in [5, 5.41) is 12.2. The summed E-state index contributed by atoms with van der Waals surface area (Å²) in [5.74, 6) is 2.86. The van der Waals surface area contributed by atoms with Crippen LogP contribution in [0.25, 0.3) is 0 Å². The van der Waals surface area contributed by atoms with Gasteiger partial charge in [0.05, 0.1) is 5.56 Å². The molecule has 3 atom stereocenters. The number of halogens is 3.